The number of H-pyrrole nitrogens is 1. The van der Waals surface area contributed by atoms with Gasteiger partial charge in [-0.15, -0.1) is 0 Å². The molecule has 22 heavy (non-hydrogen) atoms. The van der Waals surface area contributed by atoms with Crippen molar-refractivity contribution >= 4 is 23.3 Å². The Morgan fingerprint density at radius 1 is 1.09 bits per heavy atom. The van der Waals surface area contributed by atoms with Gasteiger partial charge in [0.2, 0.25) is 0 Å². The quantitative estimate of drug-likeness (QED) is 0.851. The van der Waals surface area contributed by atoms with Gasteiger partial charge in [0, 0.05) is 6.07 Å². The van der Waals surface area contributed by atoms with Gasteiger partial charge in [-0.1, -0.05) is 23.7 Å². The maximum Gasteiger partial charge on any atom is 0.274 e. The number of carbonyl (C=O) groups excluding carboxylic acids is 1. The van der Waals surface area contributed by atoms with Crippen molar-refractivity contribution in [2.75, 3.05) is 31.1 Å². The molecule has 1 aromatic carbocycles. The van der Waals surface area contributed by atoms with Crippen LogP contribution in [0.4, 0.5) is 10.2 Å². The normalized spacial score (nSPS) is 15.0. The van der Waals surface area contributed by atoms with Crippen LogP contribution in [0.3, 0.4) is 0 Å². The maximum atomic E-state index is 13.9. The number of hydrogen-bond donors (Lipinski definition) is 0. The molecule has 114 valence electrons. The van der Waals surface area contributed by atoms with E-state index in [1.165, 1.54) is 18.2 Å². The third-order valence-electron chi connectivity index (χ3n) is 3.78. The minimum absolute atomic E-state index is 0.0381. The highest BCUT2D eigenvalue weighted by Crippen LogP contribution is 2.22. The summed E-state index contributed by atoms with van der Waals surface area (Å²) < 4.78 is 13.9. The van der Waals surface area contributed by atoms with E-state index in [2.05, 4.69) is 9.88 Å². The highest BCUT2D eigenvalue weighted by Gasteiger charge is 2.28. The first-order valence-electron chi connectivity index (χ1n) is 7.12. The van der Waals surface area contributed by atoms with Crippen LogP contribution in [0.5, 0.6) is 0 Å². The first-order chi connectivity index (χ1) is 10.7. The molecule has 6 heteroatoms. The number of halogens is 2. The summed E-state index contributed by atoms with van der Waals surface area (Å²) >= 11 is 5.97. The third-order valence-corrected chi connectivity index (χ3v) is 4.09. The number of benzene rings is 1. The molecular formula is C16H16ClFN3O+. The average Bonchev–Trinajstić information content (AvgIpc) is 2.55. The molecule has 1 aliphatic heterocycles. The summed E-state index contributed by atoms with van der Waals surface area (Å²) in [6, 6.07) is 10.2. The summed E-state index contributed by atoms with van der Waals surface area (Å²) in [7, 11) is 0. The second-order valence-electron chi connectivity index (χ2n) is 5.12. The van der Waals surface area contributed by atoms with Crippen LogP contribution in [0.2, 0.25) is 5.02 Å². The van der Waals surface area contributed by atoms with Gasteiger partial charge in [0.1, 0.15) is 18.9 Å². The molecule has 3 rings (SSSR count). The van der Waals surface area contributed by atoms with E-state index in [0.717, 1.165) is 5.82 Å². The molecule has 1 fully saturated rings. The molecule has 0 atom stereocenters. The van der Waals surface area contributed by atoms with E-state index in [9.17, 15) is 9.18 Å². The fourth-order valence-corrected chi connectivity index (χ4v) is 2.84. The van der Waals surface area contributed by atoms with Crippen LogP contribution < -0.4 is 9.88 Å². The zero-order valence-electron chi connectivity index (χ0n) is 11.9. The van der Waals surface area contributed by atoms with Gasteiger partial charge >= 0.3 is 0 Å². The standard InChI is InChI=1S/C16H15ClFN3O/c17-12-4-3-5-13(18)15(12)16(22)21-10-8-20(9-11-21)14-6-1-2-7-19-14/h1-7H,8-11H2/p+1. The number of piperazine rings is 1. The lowest BCUT2D eigenvalue weighted by molar-refractivity contribution is -0.364. The minimum Gasteiger partial charge on any atom is -0.331 e. The van der Waals surface area contributed by atoms with Gasteiger partial charge in [-0.05, 0) is 18.2 Å². The number of nitrogens with zero attached hydrogens (tertiary/aromatic N) is 2. The lowest BCUT2D eigenvalue weighted by Gasteiger charge is -2.31. The summed E-state index contributed by atoms with van der Waals surface area (Å²) in [5.41, 5.74) is -0.0381. The molecule has 1 aliphatic rings. The topological polar surface area (TPSA) is 37.7 Å². The molecule has 1 saturated heterocycles. The molecule has 2 aromatic rings. The second kappa shape index (κ2) is 6.32. The SMILES string of the molecule is O=C(c1c(F)cccc1Cl)N1CCN(c2cccc[nH+]2)CC1. The molecule has 0 bridgehead atoms. The number of hydrogen-bond acceptors (Lipinski definition) is 2. The summed E-state index contributed by atoms with van der Waals surface area (Å²) in [6.07, 6.45) is 1.87. The van der Waals surface area contributed by atoms with E-state index in [1.807, 2.05) is 24.4 Å². The zero-order valence-corrected chi connectivity index (χ0v) is 12.7. The molecule has 1 N–H and O–H groups in total. The smallest absolute Gasteiger partial charge is 0.274 e. The molecule has 2 heterocycles. The Morgan fingerprint density at radius 3 is 2.50 bits per heavy atom. The lowest BCUT2D eigenvalue weighted by Crippen LogP contribution is -2.50. The number of aromatic amines is 1. The second-order valence-corrected chi connectivity index (χ2v) is 5.53. The minimum atomic E-state index is -0.573. The predicted molar refractivity (Wildman–Crippen MR) is 82.5 cm³/mol. The van der Waals surface area contributed by atoms with Crippen LogP contribution >= 0.6 is 11.6 Å². The molecule has 0 saturated carbocycles. The van der Waals surface area contributed by atoms with Crippen molar-refractivity contribution in [2.45, 2.75) is 0 Å². The summed E-state index contributed by atoms with van der Waals surface area (Å²) in [4.78, 5) is 19.4. The number of rotatable bonds is 2. The van der Waals surface area contributed by atoms with Gasteiger partial charge < -0.3 is 4.90 Å². The van der Waals surface area contributed by atoms with Crippen LogP contribution in [-0.4, -0.2) is 37.0 Å². The molecule has 0 radical (unpaired) electrons. The number of amides is 1. The van der Waals surface area contributed by atoms with Crippen molar-refractivity contribution in [3.63, 3.8) is 0 Å². The average molecular weight is 321 g/mol. The Hall–Kier alpha value is -2.14. The van der Waals surface area contributed by atoms with Crippen LogP contribution in [0.1, 0.15) is 10.4 Å². The van der Waals surface area contributed by atoms with E-state index < -0.39 is 5.82 Å². The Kier molecular flexibility index (Phi) is 4.24. The van der Waals surface area contributed by atoms with Gasteiger partial charge in [-0.3, -0.25) is 9.69 Å². The highest BCUT2D eigenvalue weighted by molar-refractivity contribution is 6.33. The Labute approximate surface area is 133 Å². The van der Waals surface area contributed by atoms with Crippen LogP contribution in [-0.2, 0) is 0 Å². The molecule has 1 amide bonds. The van der Waals surface area contributed by atoms with Crippen LogP contribution in [0.25, 0.3) is 0 Å². The predicted octanol–water partition coefficient (Wildman–Crippen LogP) is 2.26. The molecular weight excluding hydrogens is 305 g/mol. The van der Waals surface area contributed by atoms with Crippen molar-refractivity contribution < 1.29 is 14.2 Å². The number of nitrogens with one attached hydrogen (secondary N) is 1. The first kappa shape index (κ1) is 14.8. The third kappa shape index (κ3) is 2.90. The zero-order chi connectivity index (χ0) is 15.5. The largest absolute Gasteiger partial charge is 0.331 e. The van der Waals surface area contributed by atoms with Gasteiger partial charge in [-0.25, -0.2) is 9.37 Å². The van der Waals surface area contributed by atoms with Gasteiger partial charge in [0.15, 0.2) is 0 Å². The molecule has 0 spiro atoms. The van der Waals surface area contributed by atoms with Crippen molar-refractivity contribution in [3.8, 4) is 0 Å². The summed E-state index contributed by atoms with van der Waals surface area (Å²) in [6.45, 7) is 2.45. The maximum absolute atomic E-state index is 13.9. The lowest BCUT2D eigenvalue weighted by atomic mass is 10.1. The molecule has 0 aliphatic carbocycles. The van der Waals surface area contributed by atoms with E-state index in [-0.39, 0.29) is 16.5 Å². The highest BCUT2D eigenvalue weighted by atomic mass is 35.5. The van der Waals surface area contributed by atoms with Crippen molar-refractivity contribution in [2.24, 2.45) is 0 Å². The Balaban J connectivity index is 1.70. The van der Waals surface area contributed by atoms with Crippen LogP contribution in [0, 0.1) is 5.82 Å². The van der Waals surface area contributed by atoms with Crippen LogP contribution in [0.15, 0.2) is 42.6 Å². The van der Waals surface area contributed by atoms with Crippen molar-refractivity contribution in [1.29, 1.82) is 0 Å². The van der Waals surface area contributed by atoms with E-state index in [1.54, 1.807) is 4.90 Å². The van der Waals surface area contributed by atoms with Gasteiger partial charge in [0.05, 0.1) is 29.9 Å². The van der Waals surface area contributed by atoms with Gasteiger partial charge in [0.25, 0.3) is 11.7 Å². The van der Waals surface area contributed by atoms with E-state index >= 15 is 0 Å². The van der Waals surface area contributed by atoms with Crippen molar-refractivity contribution in [1.82, 2.24) is 4.90 Å². The number of anilines is 1. The summed E-state index contributed by atoms with van der Waals surface area (Å²) in [5.74, 6) is 0.0923. The fraction of sp³-hybridized carbons (Fsp3) is 0.250. The number of pyridine rings is 1. The first-order valence-corrected chi connectivity index (χ1v) is 7.49. The Bertz CT molecular complexity index is 652. The molecule has 4 nitrogen and oxygen atoms in total. The fourth-order valence-electron chi connectivity index (χ4n) is 2.59. The van der Waals surface area contributed by atoms with Gasteiger partial charge in [-0.2, -0.15) is 0 Å². The molecule has 1 aromatic heterocycles. The number of carbonyl (C=O) groups is 1. The Morgan fingerprint density at radius 2 is 1.86 bits per heavy atom. The molecule has 0 unspecified atom stereocenters. The van der Waals surface area contributed by atoms with E-state index in [0.29, 0.717) is 26.2 Å². The van der Waals surface area contributed by atoms with E-state index in [4.69, 9.17) is 11.6 Å². The monoisotopic (exact) mass is 320 g/mol. The van der Waals surface area contributed by atoms with Crippen molar-refractivity contribution in [3.05, 3.63) is 59.0 Å². The summed E-state index contributed by atoms with van der Waals surface area (Å²) in [5, 5.41) is 0.156. The number of aromatic nitrogens is 1.